The third kappa shape index (κ3) is 1.88. The van der Waals surface area contributed by atoms with E-state index >= 15 is 0 Å². The predicted octanol–water partition coefficient (Wildman–Crippen LogP) is 1.58. The zero-order valence-corrected chi connectivity index (χ0v) is 6.62. The summed E-state index contributed by atoms with van der Waals surface area (Å²) in [6.07, 6.45) is 3.48. The second-order valence-electron chi connectivity index (χ2n) is 2.52. The lowest BCUT2D eigenvalue weighted by atomic mass is 10.2. The summed E-state index contributed by atoms with van der Waals surface area (Å²) < 4.78 is 0. The van der Waals surface area contributed by atoms with Gasteiger partial charge < -0.3 is 5.73 Å². The fraction of sp³-hybridized carbons (Fsp3) is 0.222. The summed E-state index contributed by atoms with van der Waals surface area (Å²) in [4.78, 5) is 4.15. The minimum Gasteiger partial charge on any atom is -0.319 e. The van der Waals surface area contributed by atoms with Crippen molar-refractivity contribution in [1.82, 2.24) is 4.98 Å². The van der Waals surface area contributed by atoms with Gasteiger partial charge in [-0.1, -0.05) is 12.1 Å². The first-order chi connectivity index (χ1) is 5.24. The molecule has 0 amide bonds. The van der Waals surface area contributed by atoms with Gasteiger partial charge in [0.2, 0.25) is 0 Å². The van der Waals surface area contributed by atoms with E-state index in [0.29, 0.717) is 0 Å². The van der Waals surface area contributed by atoms with E-state index < -0.39 is 0 Å². The number of aromatic nitrogens is 1. The molecule has 0 aliphatic heterocycles. The Hall–Kier alpha value is -1.15. The van der Waals surface area contributed by atoms with Crippen LogP contribution in [0.25, 0.3) is 0 Å². The van der Waals surface area contributed by atoms with Crippen LogP contribution in [0.2, 0.25) is 0 Å². The van der Waals surface area contributed by atoms with Gasteiger partial charge in [-0.05, 0) is 18.6 Å². The molecule has 0 aliphatic carbocycles. The quantitative estimate of drug-likeness (QED) is 0.646. The minimum atomic E-state index is -0.143. The number of nitrogens with zero attached hydrogens (tertiary/aromatic N) is 1. The Balaban J connectivity index is 2.89. The summed E-state index contributed by atoms with van der Waals surface area (Å²) in [5, 5.41) is 0. The molecule has 1 heterocycles. The zero-order chi connectivity index (χ0) is 8.27. The molecule has 2 N–H and O–H groups in total. The number of pyridine rings is 1. The highest BCUT2D eigenvalue weighted by Gasteiger charge is 1.99. The van der Waals surface area contributed by atoms with Crippen LogP contribution in [0.4, 0.5) is 0 Å². The summed E-state index contributed by atoms with van der Waals surface area (Å²) in [6, 6.07) is 3.77. The molecule has 0 bridgehead atoms. The van der Waals surface area contributed by atoms with Crippen molar-refractivity contribution >= 4 is 0 Å². The van der Waals surface area contributed by atoms with Gasteiger partial charge in [0.15, 0.2) is 0 Å². The van der Waals surface area contributed by atoms with E-state index in [1.54, 1.807) is 12.3 Å². The second kappa shape index (κ2) is 3.30. The van der Waals surface area contributed by atoms with Gasteiger partial charge in [-0.15, -0.1) is 6.58 Å². The molecule has 0 saturated heterocycles. The van der Waals surface area contributed by atoms with Gasteiger partial charge in [0, 0.05) is 6.20 Å². The average Bonchev–Trinajstić information content (AvgIpc) is 2.05. The van der Waals surface area contributed by atoms with Crippen LogP contribution in [-0.4, -0.2) is 4.98 Å². The number of nitrogens with two attached hydrogens (primary N) is 1. The lowest BCUT2D eigenvalue weighted by Crippen LogP contribution is -2.08. The van der Waals surface area contributed by atoms with E-state index in [1.807, 2.05) is 19.1 Å². The Morgan fingerprint density at radius 1 is 1.64 bits per heavy atom. The van der Waals surface area contributed by atoms with E-state index in [0.717, 1.165) is 11.3 Å². The standard InChI is InChI=1S/C9H12N2/c1-3-8(10)9-5-4-7(2)6-11-9/h3-6,8H,1,10H2,2H3. The Morgan fingerprint density at radius 2 is 2.36 bits per heavy atom. The molecule has 1 unspecified atom stereocenters. The molecule has 11 heavy (non-hydrogen) atoms. The molecule has 2 nitrogen and oxygen atoms in total. The fourth-order valence-electron chi connectivity index (χ4n) is 0.797. The normalized spacial score (nSPS) is 12.5. The molecular weight excluding hydrogens is 136 g/mol. The molecule has 1 atom stereocenters. The SMILES string of the molecule is C=CC(N)c1ccc(C)cn1. The van der Waals surface area contributed by atoms with Crippen molar-refractivity contribution in [2.24, 2.45) is 5.73 Å². The molecule has 0 spiro atoms. The minimum absolute atomic E-state index is 0.143. The number of hydrogen-bond acceptors (Lipinski definition) is 2. The van der Waals surface area contributed by atoms with Crippen LogP contribution in [0.5, 0.6) is 0 Å². The van der Waals surface area contributed by atoms with Crippen LogP contribution in [0.1, 0.15) is 17.3 Å². The second-order valence-corrected chi connectivity index (χ2v) is 2.52. The highest BCUT2D eigenvalue weighted by atomic mass is 14.8. The Morgan fingerprint density at radius 3 is 2.82 bits per heavy atom. The Bertz CT molecular complexity index is 238. The summed E-state index contributed by atoms with van der Waals surface area (Å²) in [5.41, 5.74) is 7.67. The first kappa shape index (κ1) is 7.95. The van der Waals surface area contributed by atoms with Crippen LogP contribution < -0.4 is 5.73 Å². The van der Waals surface area contributed by atoms with Gasteiger partial charge in [-0.25, -0.2) is 0 Å². The van der Waals surface area contributed by atoms with Gasteiger partial charge in [0.1, 0.15) is 0 Å². The lowest BCUT2D eigenvalue weighted by Gasteiger charge is -2.04. The van der Waals surface area contributed by atoms with E-state index in [-0.39, 0.29) is 6.04 Å². The van der Waals surface area contributed by atoms with Crippen molar-refractivity contribution in [2.75, 3.05) is 0 Å². The van der Waals surface area contributed by atoms with Gasteiger partial charge in [0.05, 0.1) is 11.7 Å². The van der Waals surface area contributed by atoms with Crippen LogP contribution in [0.3, 0.4) is 0 Å². The Labute approximate surface area is 66.8 Å². The molecule has 58 valence electrons. The number of aryl methyl sites for hydroxylation is 1. The summed E-state index contributed by atoms with van der Waals surface area (Å²) in [7, 11) is 0. The van der Waals surface area contributed by atoms with Gasteiger partial charge in [-0.2, -0.15) is 0 Å². The average molecular weight is 148 g/mol. The molecule has 0 radical (unpaired) electrons. The van der Waals surface area contributed by atoms with E-state index in [4.69, 9.17) is 5.73 Å². The molecule has 0 aromatic carbocycles. The Kier molecular flexibility index (Phi) is 2.39. The zero-order valence-electron chi connectivity index (χ0n) is 6.62. The van der Waals surface area contributed by atoms with Crippen molar-refractivity contribution in [3.8, 4) is 0 Å². The maximum Gasteiger partial charge on any atom is 0.0653 e. The first-order valence-corrected chi connectivity index (χ1v) is 3.54. The monoisotopic (exact) mass is 148 g/mol. The molecule has 0 fully saturated rings. The summed E-state index contributed by atoms with van der Waals surface area (Å²) in [6.45, 7) is 5.59. The number of hydrogen-bond donors (Lipinski definition) is 1. The first-order valence-electron chi connectivity index (χ1n) is 3.54. The lowest BCUT2D eigenvalue weighted by molar-refractivity contribution is 0.862. The van der Waals surface area contributed by atoms with Crippen LogP contribution in [-0.2, 0) is 0 Å². The van der Waals surface area contributed by atoms with Crippen molar-refractivity contribution in [2.45, 2.75) is 13.0 Å². The topological polar surface area (TPSA) is 38.9 Å². The van der Waals surface area contributed by atoms with Gasteiger partial charge in [0.25, 0.3) is 0 Å². The van der Waals surface area contributed by atoms with Gasteiger partial charge in [-0.3, -0.25) is 4.98 Å². The van der Waals surface area contributed by atoms with Crippen molar-refractivity contribution in [1.29, 1.82) is 0 Å². The highest BCUT2D eigenvalue weighted by molar-refractivity contribution is 5.17. The predicted molar refractivity (Wildman–Crippen MR) is 46.1 cm³/mol. The smallest absolute Gasteiger partial charge is 0.0653 e. The van der Waals surface area contributed by atoms with Crippen LogP contribution in [0, 0.1) is 6.92 Å². The fourth-order valence-corrected chi connectivity index (χ4v) is 0.797. The molecule has 1 aromatic rings. The molecule has 0 aliphatic rings. The molecule has 1 rings (SSSR count). The maximum atomic E-state index is 5.66. The largest absolute Gasteiger partial charge is 0.319 e. The summed E-state index contributed by atoms with van der Waals surface area (Å²) >= 11 is 0. The molecule has 0 saturated carbocycles. The highest BCUT2D eigenvalue weighted by Crippen LogP contribution is 2.07. The third-order valence-electron chi connectivity index (χ3n) is 1.53. The van der Waals surface area contributed by atoms with Crippen LogP contribution in [0.15, 0.2) is 31.0 Å². The third-order valence-corrected chi connectivity index (χ3v) is 1.53. The number of rotatable bonds is 2. The van der Waals surface area contributed by atoms with Crippen molar-refractivity contribution in [3.63, 3.8) is 0 Å². The van der Waals surface area contributed by atoms with E-state index in [9.17, 15) is 0 Å². The van der Waals surface area contributed by atoms with E-state index in [2.05, 4.69) is 11.6 Å². The van der Waals surface area contributed by atoms with Crippen LogP contribution >= 0.6 is 0 Å². The van der Waals surface area contributed by atoms with Gasteiger partial charge >= 0.3 is 0 Å². The molecule has 1 aromatic heterocycles. The van der Waals surface area contributed by atoms with E-state index in [1.165, 1.54) is 0 Å². The maximum absolute atomic E-state index is 5.66. The molecule has 2 heteroatoms. The molecular formula is C9H12N2. The van der Waals surface area contributed by atoms with Crippen molar-refractivity contribution < 1.29 is 0 Å². The summed E-state index contributed by atoms with van der Waals surface area (Å²) in [5.74, 6) is 0. The van der Waals surface area contributed by atoms with Crippen molar-refractivity contribution in [3.05, 3.63) is 42.2 Å².